The fraction of sp³-hybridized carbons (Fsp3) is 0.438. The SMILES string of the molecule is Cc1nccc(C[C@@H]2COCCN(C(=O)c3cnccn3)C2)n1. The summed E-state index contributed by atoms with van der Waals surface area (Å²) in [6.07, 6.45) is 7.10. The molecule has 2 aromatic heterocycles. The topological polar surface area (TPSA) is 81.1 Å². The summed E-state index contributed by atoms with van der Waals surface area (Å²) in [6, 6.07) is 1.91. The first-order valence-corrected chi connectivity index (χ1v) is 7.64. The molecule has 0 radical (unpaired) electrons. The lowest BCUT2D eigenvalue weighted by molar-refractivity contribution is 0.0731. The van der Waals surface area contributed by atoms with Crippen LogP contribution in [0.15, 0.2) is 30.9 Å². The lowest BCUT2D eigenvalue weighted by atomic mass is 10.0. The van der Waals surface area contributed by atoms with Gasteiger partial charge in [-0.15, -0.1) is 0 Å². The summed E-state index contributed by atoms with van der Waals surface area (Å²) in [6.45, 7) is 4.21. The highest BCUT2D eigenvalue weighted by atomic mass is 16.5. The highest BCUT2D eigenvalue weighted by molar-refractivity contribution is 5.91. The van der Waals surface area contributed by atoms with Crippen LogP contribution in [0.2, 0.25) is 0 Å². The highest BCUT2D eigenvalue weighted by Crippen LogP contribution is 2.14. The van der Waals surface area contributed by atoms with Gasteiger partial charge in [0, 0.05) is 43.3 Å². The average Bonchev–Trinajstić information content (AvgIpc) is 2.80. The zero-order chi connectivity index (χ0) is 16.1. The van der Waals surface area contributed by atoms with Crippen LogP contribution < -0.4 is 0 Å². The van der Waals surface area contributed by atoms with Crippen molar-refractivity contribution in [1.82, 2.24) is 24.8 Å². The van der Waals surface area contributed by atoms with Crippen LogP contribution in [0.4, 0.5) is 0 Å². The maximum atomic E-state index is 12.5. The van der Waals surface area contributed by atoms with E-state index in [4.69, 9.17) is 4.74 Å². The summed E-state index contributed by atoms with van der Waals surface area (Å²) in [5.74, 6) is 0.851. The van der Waals surface area contributed by atoms with E-state index in [-0.39, 0.29) is 11.8 Å². The summed E-state index contributed by atoms with van der Waals surface area (Å²) >= 11 is 0. The van der Waals surface area contributed by atoms with E-state index in [1.165, 1.54) is 12.4 Å². The van der Waals surface area contributed by atoms with Crippen molar-refractivity contribution >= 4 is 5.91 Å². The molecule has 0 spiro atoms. The Balaban J connectivity index is 1.70. The number of amides is 1. The van der Waals surface area contributed by atoms with Crippen molar-refractivity contribution < 1.29 is 9.53 Å². The molecule has 1 aliphatic rings. The van der Waals surface area contributed by atoms with E-state index in [2.05, 4.69) is 19.9 Å². The second-order valence-corrected chi connectivity index (χ2v) is 5.58. The normalized spacial score (nSPS) is 18.5. The summed E-state index contributed by atoms with van der Waals surface area (Å²) in [7, 11) is 0. The molecule has 1 fully saturated rings. The largest absolute Gasteiger partial charge is 0.379 e. The third-order valence-electron chi connectivity index (χ3n) is 3.74. The van der Waals surface area contributed by atoms with Gasteiger partial charge in [-0.2, -0.15) is 0 Å². The Hall–Kier alpha value is -2.41. The Bertz CT molecular complexity index is 665. The molecule has 1 saturated heterocycles. The number of hydrogen-bond donors (Lipinski definition) is 0. The first-order valence-electron chi connectivity index (χ1n) is 7.64. The monoisotopic (exact) mass is 313 g/mol. The molecule has 23 heavy (non-hydrogen) atoms. The first kappa shape index (κ1) is 15.5. The number of rotatable bonds is 3. The van der Waals surface area contributed by atoms with Gasteiger partial charge < -0.3 is 9.64 Å². The molecule has 120 valence electrons. The third kappa shape index (κ3) is 4.07. The molecule has 7 heteroatoms. The van der Waals surface area contributed by atoms with Crippen LogP contribution >= 0.6 is 0 Å². The number of carbonyl (C=O) groups is 1. The molecule has 7 nitrogen and oxygen atoms in total. The number of aryl methyl sites for hydroxylation is 1. The molecule has 0 aliphatic carbocycles. The third-order valence-corrected chi connectivity index (χ3v) is 3.74. The number of ether oxygens (including phenoxy) is 1. The zero-order valence-corrected chi connectivity index (χ0v) is 13.1. The predicted octanol–water partition coefficient (Wildman–Crippen LogP) is 0.906. The van der Waals surface area contributed by atoms with Gasteiger partial charge in [0.2, 0.25) is 0 Å². The Kier molecular flexibility index (Phi) is 4.87. The van der Waals surface area contributed by atoms with Gasteiger partial charge in [0.25, 0.3) is 5.91 Å². The standard InChI is InChI=1S/C16H19N5O2/c1-12-18-3-2-14(20-12)8-13-10-21(6-7-23-11-13)16(22)15-9-17-4-5-19-15/h2-5,9,13H,6-8,10-11H2,1H3/t13-/m0/s1. The van der Waals surface area contributed by atoms with Gasteiger partial charge in [-0.1, -0.05) is 0 Å². The van der Waals surface area contributed by atoms with Gasteiger partial charge in [0.1, 0.15) is 11.5 Å². The van der Waals surface area contributed by atoms with Crippen LogP contribution in [0.1, 0.15) is 22.0 Å². The van der Waals surface area contributed by atoms with E-state index in [0.717, 1.165) is 17.9 Å². The minimum atomic E-state index is -0.104. The Morgan fingerprint density at radius 3 is 3.04 bits per heavy atom. The van der Waals surface area contributed by atoms with Crippen LogP contribution in [0.3, 0.4) is 0 Å². The van der Waals surface area contributed by atoms with E-state index >= 15 is 0 Å². The maximum absolute atomic E-state index is 12.5. The summed E-state index contributed by atoms with van der Waals surface area (Å²) in [4.78, 5) is 30.9. The van der Waals surface area contributed by atoms with E-state index in [0.29, 0.717) is 32.0 Å². The zero-order valence-electron chi connectivity index (χ0n) is 13.1. The molecule has 1 aliphatic heterocycles. The van der Waals surface area contributed by atoms with Gasteiger partial charge in [-0.3, -0.25) is 9.78 Å². The van der Waals surface area contributed by atoms with Crippen LogP contribution in [-0.2, 0) is 11.2 Å². The number of nitrogens with zero attached hydrogens (tertiary/aromatic N) is 5. The molecule has 1 amide bonds. The first-order chi connectivity index (χ1) is 11.2. The summed E-state index contributed by atoms with van der Waals surface area (Å²) in [5, 5.41) is 0. The molecule has 3 rings (SSSR count). The van der Waals surface area contributed by atoms with Crippen molar-refractivity contribution in [3.05, 3.63) is 48.1 Å². The van der Waals surface area contributed by atoms with Crippen molar-refractivity contribution in [3.8, 4) is 0 Å². The molecule has 0 aromatic carbocycles. The molecular formula is C16H19N5O2. The molecule has 0 bridgehead atoms. The van der Waals surface area contributed by atoms with Crippen LogP contribution in [-0.4, -0.2) is 57.0 Å². The van der Waals surface area contributed by atoms with Crippen molar-refractivity contribution in [3.63, 3.8) is 0 Å². The average molecular weight is 313 g/mol. The Morgan fingerprint density at radius 1 is 1.35 bits per heavy atom. The number of aromatic nitrogens is 4. The quantitative estimate of drug-likeness (QED) is 0.837. The van der Waals surface area contributed by atoms with Crippen LogP contribution in [0, 0.1) is 12.8 Å². The minimum absolute atomic E-state index is 0.104. The fourth-order valence-corrected chi connectivity index (χ4v) is 2.67. The lowest BCUT2D eigenvalue weighted by Crippen LogP contribution is -2.37. The molecule has 3 heterocycles. The van der Waals surface area contributed by atoms with E-state index in [1.807, 2.05) is 13.0 Å². The molecule has 0 N–H and O–H groups in total. The Morgan fingerprint density at radius 2 is 2.26 bits per heavy atom. The van der Waals surface area contributed by atoms with Gasteiger partial charge in [0.05, 0.1) is 19.4 Å². The minimum Gasteiger partial charge on any atom is -0.379 e. The second-order valence-electron chi connectivity index (χ2n) is 5.58. The molecular weight excluding hydrogens is 294 g/mol. The maximum Gasteiger partial charge on any atom is 0.274 e. The molecule has 0 saturated carbocycles. The number of hydrogen-bond acceptors (Lipinski definition) is 6. The molecule has 2 aromatic rings. The van der Waals surface area contributed by atoms with Crippen LogP contribution in [0.5, 0.6) is 0 Å². The van der Waals surface area contributed by atoms with Gasteiger partial charge in [-0.05, 0) is 19.4 Å². The second kappa shape index (κ2) is 7.23. The van der Waals surface area contributed by atoms with Crippen LogP contribution in [0.25, 0.3) is 0 Å². The van der Waals surface area contributed by atoms with Crippen molar-refractivity contribution in [2.75, 3.05) is 26.3 Å². The van der Waals surface area contributed by atoms with E-state index in [1.54, 1.807) is 17.3 Å². The highest BCUT2D eigenvalue weighted by Gasteiger charge is 2.24. The summed E-state index contributed by atoms with van der Waals surface area (Å²) in [5.41, 5.74) is 1.34. The fourth-order valence-electron chi connectivity index (χ4n) is 2.67. The van der Waals surface area contributed by atoms with Crippen molar-refractivity contribution in [1.29, 1.82) is 0 Å². The smallest absolute Gasteiger partial charge is 0.274 e. The predicted molar refractivity (Wildman–Crippen MR) is 82.7 cm³/mol. The summed E-state index contributed by atoms with van der Waals surface area (Å²) < 4.78 is 5.65. The lowest BCUT2D eigenvalue weighted by Gasteiger charge is -2.23. The number of carbonyl (C=O) groups excluding carboxylic acids is 1. The molecule has 1 atom stereocenters. The van der Waals surface area contributed by atoms with Crippen molar-refractivity contribution in [2.45, 2.75) is 13.3 Å². The van der Waals surface area contributed by atoms with Gasteiger partial charge >= 0.3 is 0 Å². The van der Waals surface area contributed by atoms with Crippen molar-refractivity contribution in [2.24, 2.45) is 5.92 Å². The van der Waals surface area contributed by atoms with E-state index < -0.39 is 0 Å². The Labute approximate surface area is 134 Å². The molecule has 0 unspecified atom stereocenters. The van der Waals surface area contributed by atoms with Gasteiger partial charge in [0.15, 0.2) is 0 Å². The van der Waals surface area contributed by atoms with E-state index in [9.17, 15) is 4.79 Å². The van der Waals surface area contributed by atoms with Gasteiger partial charge in [-0.25, -0.2) is 15.0 Å².